The van der Waals surface area contributed by atoms with Crippen LogP contribution in [0.3, 0.4) is 0 Å². The van der Waals surface area contributed by atoms with E-state index in [1.165, 1.54) is 16.6 Å². The lowest BCUT2D eigenvalue weighted by atomic mass is 9.96. The van der Waals surface area contributed by atoms with Crippen molar-refractivity contribution in [2.45, 2.75) is 44.3 Å². The summed E-state index contributed by atoms with van der Waals surface area (Å²) in [5.41, 5.74) is 2.75. The van der Waals surface area contributed by atoms with Gasteiger partial charge in [0.15, 0.2) is 11.0 Å². The minimum atomic E-state index is -0.133. The molecule has 1 amide bonds. The molecule has 6 nitrogen and oxygen atoms in total. The average molecular weight is 502 g/mol. The number of aromatic nitrogens is 3. The Balaban J connectivity index is 1.45. The Morgan fingerprint density at radius 1 is 1.30 bits per heavy atom. The molecule has 1 aliphatic rings. The summed E-state index contributed by atoms with van der Waals surface area (Å²) in [6.07, 6.45) is 4.18. The number of hydrogen-bond acceptors (Lipinski definition) is 6. The molecule has 0 saturated carbocycles. The van der Waals surface area contributed by atoms with Gasteiger partial charge in [0.2, 0.25) is 5.91 Å². The molecule has 4 rings (SSSR count). The van der Waals surface area contributed by atoms with Gasteiger partial charge in [-0.2, -0.15) is 5.26 Å². The van der Waals surface area contributed by atoms with Crippen LogP contribution in [0, 0.1) is 11.3 Å². The number of thioether (sulfide) groups is 1. The van der Waals surface area contributed by atoms with Crippen molar-refractivity contribution < 1.29 is 4.79 Å². The quantitative estimate of drug-likeness (QED) is 0.465. The highest BCUT2D eigenvalue weighted by molar-refractivity contribution is 9.10. The zero-order valence-electron chi connectivity index (χ0n) is 16.4. The topological polar surface area (TPSA) is 83.6 Å². The van der Waals surface area contributed by atoms with Gasteiger partial charge in [-0.15, -0.1) is 21.5 Å². The van der Waals surface area contributed by atoms with Crippen molar-refractivity contribution >= 4 is 49.9 Å². The van der Waals surface area contributed by atoms with Gasteiger partial charge in [0.05, 0.1) is 11.3 Å². The maximum absolute atomic E-state index is 12.6. The number of thiophene rings is 1. The summed E-state index contributed by atoms with van der Waals surface area (Å²) < 4.78 is 3.01. The minimum absolute atomic E-state index is 0.133. The number of anilines is 1. The number of benzene rings is 1. The fourth-order valence-electron chi connectivity index (χ4n) is 3.56. The molecule has 2 aromatic heterocycles. The predicted molar refractivity (Wildman–Crippen MR) is 124 cm³/mol. The number of amides is 1. The van der Waals surface area contributed by atoms with E-state index in [4.69, 9.17) is 0 Å². The molecule has 1 aromatic carbocycles. The van der Waals surface area contributed by atoms with Crippen LogP contribution >= 0.6 is 39.0 Å². The summed E-state index contributed by atoms with van der Waals surface area (Å²) in [4.78, 5) is 13.8. The fourth-order valence-corrected chi connectivity index (χ4v) is 5.88. The Morgan fingerprint density at radius 3 is 2.80 bits per heavy atom. The molecule has 1 aliphatic carbocycles. The summed E-state index contributed by atoms with van der Waals surface area (Å²) in [5, 5.41) is 22.5. The van der Waals surface area contributed by atoms with Crippen molar-refractivity contribution in [1.29, 1.82) is 5.26 Å². The summed E-state index contributed by atoms with van der Waals surface area (Å²) >= 11 is 6.35. The lowest BCUT2D eigenvalue weighted by molar-refractivity contribution is -0.113. The van der Waals surface area contributed by atoms with Crippen LogP contribution in [0.25, 0.3) is 11.4 Å². The van der Waals surface area contributed by atoms with Crippen molar-refractivity contribution in [3.05, 3.63) is 44.7 Å². The van der Waals surface area contributed by atoms with Crippen LogP contribution in [0.2, 0.25) is 0 Å². The van der Waals surface area contributed by atoms with Crippen LogP contribution in [0.15, 0.2) is 33.9 Å². The third-order valence-corrected chi connectivity index (χ3v) is 7.71. The number of nitrogens with one attached hydrogen (secondary N) is 1. The summed E-state index contributed by atoms with van der Waals surface area (Å²) in [6.45, 7) is 2.74. The zero-order valence-corrected chi connectivity index (χ0v) is 19.7. The van der Waals surface area contributed by atoms with Crippen LogP contribution in [0.4, 0.5) is 5.00 Å². The third kappa shape index (κ3) is 4.31. The van der Waals surface area contributed by atoms with Gasteiger partial charge in [0.25, 0.3) is 0 Å². The molecule has 9 heteroatoms. The van der Waals surface area contributed by atoms with Gasteiger partial charge in [-0.05, 0) is 50.3 Å². The van der Waals surface area contributed by atoms with Gasteiger partial charge >= 0.3 is 0 Å². The van der Waals surface area contributed by atoms with E-state index in [-0.39, 0.29) is 11.7 Å². The normalized spacial score (nSPS) is 13.0. The van der Waals surface area contributed by atoms with Crippen molar-refractivity contribution in [3.63, 3.8) is 0 Å². The third-order valence-electron chi connectivity index (χ3n) is 5.00. The van der Waals surface area contributed by atoms with Crippen LogP contribution in [-0.2, 0) is 24.2 Å². The number of hydrogen-bond donors (Lipinski definition) is 1. The second kappa shape index (κ2) is 9.33. The van der Waals surface area contributed by atoms with Crippen LogP contribution in [-0.4, -0.2) is 26.4 Å². The van der Waals surface area contributed by atoms with Crippen molar-refractivity contribution in [1.82, 2.24) is 14.8 Å². The van der Waals surface area contributed by atoms with Crippen molar-refractivity contribution in [2.24, 2.45) is 0 Å². The van der Waals surface area contributed by atoms with Crippen LogP contribution < -0.4 is 5.32 Å². The number of aryl methyl sites for hydroxylation is 1. The molecule has 0 aliphatic heterocycles. The summed E-state index contributed by atoms with van der Waals surface area (Å²) in [6, 6.07) is 10.2. The van der Waals surface area contributed by atoms with E-state index in [9.17, 15) is 10.1 Å². The molecule has 0 spiro atoms. The van der Waals surface area contributed by atoms with Crippen LogP contribution in [0.1, 0.15) is 35.8 Å². The van der Waals surface area contributed by atoms with Gasteiger partial charge < -0.3 is 9.88 Å². The molecule has 2 heterocycles. The molecule has 0 bridgehead atoms. The molecule has 0 radical (unpaired) electrons. The Labute approximate surface area is 191 Å². The zero-order chi connectivity index (χ0) is 21.1. The first-order valence-corrected chi connectivity index (χ1v) is 12.4. The Hall–Kier alpha value is -2.15. The van der Waals surface area contributed by atoms with Crippen LogP contribution in [0.5, 0.6) is 0 Å². The number of carbonyl (C=O) groups is 1. The van der Waals surface area contributed by atoms with E-state index in [1.807, 2.05) is 35.8 Å². The minimum Gasteiger partial charge on any atom is -0.316 e. The number of carbonyl (C=O) groups excluding carboxylic acids is 1. The van der Waals surface area contributed by atoms with Crippen molar-refractivity contribution in [3.8, 4) is 17.5 Å². The molecule has 30 heavy (non-hydrogen) atoms. The monoisotopic (exact) mass is 501 g/mol. The highest BCUT2D eigenvalue weighted by Crippen LogP contribution is 2.37. The lowest BCUT2D eigenvalue weighted by Crippen LogP contribution is -2.14. The smallest absolute Gasteiger partial charge is 0.235 e. The van der Waals surface area contributed by atoms with E-state index in [0.29, 0.717) is 22.3 Å². The molecule has 1 N–H and O–H groups in total. The largest absolute Gasteiger partial charge is 0.316 e. The molecular formula is C21H20BrN5OS2. The van der Waals surface area contributed by atoms with Gasteiger partial charge in [-0.25, -0.2) is 0 Å². The average Bonchev–Trinajstić information content (AvgIpc) is 3.33. The second-order valence-electron chi connectivity index (χ2n) is 6.92. The lowest BCUT2D eigenvalue weighted by Gasteiger charge is -2.09. The van der Waals surface area contributed by atoms with Crippen molar-refractivity contribution in [2.75, 3.05) is 11.1 Å². The van der Waals surface area contributed by atoms with E-state index in [2.05, 4.69) is 37.5 Å². The number of nitriles is 1. The highest BCUT2D eigenvalue weighted by atomic mass is 79.9. The van der Waals surface area contributed by atoms with Gasteiger partial charge in [0.1, 0.15) is 11.1 Å². The fraction of sp³-hybridized carbons (Fsp3) is 0.333. The predicted octanol–water partition coefficient (Wildman–Crippen LogP) is 5.27. The maximum Gasteiger partial charge on any atom is 0.235 e. The highest BCUT2D eigenvalue weighted by Gasteiger charge is 2.22. The van der Waals surface area contributed by atoms with Gasteiger partial charge in [0, 0.05) is 21.5 Å². The van der Waals surface area contributed by atoms with E-state index < -0.39 is 0 Å². The molecule has 3 aromatic rings. The molecule has 154 valence electrons. The summed E-state index contributed by atoms with van der Waals surface area (Å²) in [5.74, 6) is 0.864. The van der Waals surface area contributed by atoms with Gasteiger partial charge in [-0.1, -0.05) is 39.8 Å². The number of rotatable bonds is 6. The molecular weight excluding hydrogens is 482 g/mol. The Morgan fingerprint density at radius 2 is 2.07 bits per heavy atom. The maximum atomic E-state index is 12.6. The van der Waals surface area contributed by atoms with E-state index in [0.717, 1.165) is 47.1 Å². The standard InChI is InChI=1S/C21H20BrN5OS2/c1-2-27-19(13-7-9-14(22)10-8-13)25-26-21(27)29-12-18(28)24-20-16(11-23)15-5-3-4-6-17(15)30-20/h7-10H,2-6,12H2,1H3,(H,24,28). The first kappa shape index (κ1) is 21.1. The Kier molecular flexibility index (Phi) is 6.56. The van der Waals surface area contributed by atoms with Gasteiger partial charge in [-0.3, -0.25) is 4.79 Å². The number of nitrogens with zero attached hydrogens (tertiary/aromatic N) is 4. The molecule has 0 saturated heterocycles. The molecule has 0 atom stereocenters. The summed E-state index contributed by atoms with van der Waals surface area (Å²) in [7, 11) is 0. The first-order chi connectivity index (χ1) is 14.6. The first-order valence-electron chi connectivity index (χ1n) is 9.77. The van der Waals surface area contributed by atoms with E-state index in [1.54, 1.807) is 11.3 Å². The van der Waals surface area contributed by atoms with E-state index >= 15 is 0 Å². The second-order valence-corrected chi connectivity index (χ2v) is 9.88. The molecule has 0 fully saturated rings. The Bertz CT molecular complexity index is 1110. The molecule has 0 unspecified atom stereocenters. The number of fused-ring (bicyclic) bond motifs is 1. The number of halogens is 1. The SMILES string of the molecule is CCn1c(SCC(=O)Nc2sc3c(c2C#N)CCCC3)nnc1-c1ccc(Br)cc1.